The first-order valence-electron chi connectivity index (χ1n) is 2.84. The smallest absolute Gasteiger partial charge is 0.200 e. The van der Waals surface area contributed by atoms with E-state index in [0.717, 1.165) is 5.69 Å². The van der Waals surface area contributed by atoms with Crippen molar-refractivity contribution in [3.05, 3.63) is 10.9 Å². The number of thiazole rings is 1. The highest BCUT2D eigenvalue weighted by Gasteiger charge is 2.04. The second-order valence-corrected chi connectivity index (χ2v) is 3.33. The van der Waals surface area contributed by atoms with E-state index in [9.17, 15) is 0 Å². The molecular weight excluding hydrogens is 180 g/mol. The summed E-state index contributed by atoms with van der Waals surface area (Å²) in [4.78, 5) is 8.03. The van der Waals surface area contributed by atoms with Gasteiger partial charge < -0.3 is 5.73 Å². The Balaban J connectivity index is 2.45. The summed E-state index contributed by atoms with van der Waals surface area (Å²) in [6, 6.07) is 0. The van der Waals surface area contributed by atoms with E-state index in [1.807, 2.05) is 5.38 Å². The average Bonchev–Trinajstić information content (AvgIpc) is 2.55. The molecule has 0 aliphatic carbocycles. The van der Waals surface area contributed by atoms with Crippen LogP contribution in [-0.4, -0.2) is 14.3 Å². The molecule has 0 saturated heterocycles. The van der Waals surface area contributed by atoms with E-state index in [0.29, 0.717) is 11.0 Å². The highest BCUT2D eigenvalue weighted by atomic mass is 32.1. The second-order valence-electron chi connectivity index (χ2n) is 1.83. The lowest BCUT2D eigenvalue weighted by molar-refractivity contribution is 1.27. The van der Waals surface area contributed by atoms with Crippen molar-refractivity contribution >= 4 is 28.0 Å². The quantitative estimate of drug-likeness (QED) is 0.724. The Labute approximate surface area is 70.9 Å². The van der Waals surface area contributed by atoms with Gasteiger partial charge in [0.2, 0.25) is 0 Å². The van der Waals surface area contributed by atoms with Gasteiger partial charge in [-0.3, -0.25) is 0 Å². The van der Waals surface area contributed by atoms with Crippen LogP contribution in [0.25, 0.3) is 11.5 Å². The van der Waals surface area contributed by atoms with Crippen LogP contribution in [0.15, 0.2) is 10.9 Å². The van der Waals surface area contributed by atoms with Crippen LogP contribution in [0, 0.1) is 0 Å². The first-order valence-corrected chi connectivity index (χ1v) is 4.55. The monoisotopic (exact) mass is 184 g/mol. The Morgan fingerprint density at radius 1 is 1.45 bits per heavy atom. The molecular formula is C5H4N4S2. The number of nitrogen functional groups attached to an aromatic ring is 1. The fourth-order valence-electron chi connectivity index (χ4n) is 0.662. The van der Waals surface area contributed by atoms with Crippen molar-refractivity contribution in [2.24, 2.45) is 0 Å². The van der Waals surface area contributed by atoms with Crippen molar-refractivity contribution in [1.82, 2.24) is 14.3 Å². The zero-order chi connectivity index (χ0) is 7.68. The minimum absolute atomic E-state index is 0.480. The minimum atomic E-state index is 0.480. The molecule has 2 heterocycles. The Bertz CT molecular complexity index is 339. The number of hydrogen-bond acceptors (Lipinski definition) is 6. The molecule has 6 heteroatoms. The summed E-state index contributed by atoms with van der Waals surface area (Å²) < 4.78 is 4.01. The number of anilines is 1. The standard InChI is InChI=1S/C5H4N4S2/c6-5-8-4(9-11-5)3-1-10-2-7-3/h1-2H,(H2,6,8,9). The summed E-state index contributed by atoms with van der Waals surface area (Å²) in [5.74, 6) is 0.619. The van der Waals surface area contributed by atoms with Crippen molar-refractivity contribution in [2.75, 3.05) is 5.73 Å². The lowest BCUT2D eigenvalue weighted by atomic mass is 10.5. The second kappa shape index (κ2) is 2.55. The first-order chi connectivity index (χ1) is 5.36. The van der Waals surface area contributed by atoms with Crippen molar-refractivity contribution in [1.29, 1.82) is 0 Å². The molecule has 0 aromatic carbocycles. The van der Waals surface area contributed by atoms with Gasteiger partial charge in [-0.2, -0.15) is 9.36 Å². The topological polar surface area (TPSA) is 64.7 Å². The van der Waals surface area contributed by atoms with Crippen LogP contribution in [0.3, 0.4) is 0 Å². The highest BCUT2D eigenvalue weighted by Crippen LogP contribution is 2.18. The molecule has 0 bridgehead atoms. The van der Waals surface area contributed by atoms with E-state index in [4.69, 9.17) is 5.73 Å². The van der Waals surface area contributed by atoms with Crippen LogP contribution >= 0.6 is 22.9 Å². The zero-order valence-corrected chi connectivity index (χ0v) is 7.02. The van der Waals surface area contributed by atoms with Crippen LogP contribution in [0.1, 0.15) is 0 Å². The normalized spacial score (nSPS) is 10.2. The molecule has 0 spiro atoms. The minimum Gasteiger partial charge on any atom is -0.374 e. The molecule has 0 atom stereocenters. The molecule has 0 radical (unpaired) electrons. The number of nitrogens with two attached hydrogens (primary N) is 1. The molecule has 2 rings (SSSR count). The van der Waals surface area contributed by atoms with Gasteiger partial charge in [-0.25, -0.2) is 4.98 Å². The van der Waals surface area contributed by atoms with Crippen molar-refractivity contribution in [2.45, 2.75) is 0 Å². The van der Waals surface area contributed by atoms with Crippen molar-refractivity contribution in [3.8, 4) is 11.5 Å². The predicted octanol–water partition coefficient (Wildman–Crippen LogP) is 1.24. The third kappa shape index (κ3) is 1.22. The van der Waals surface area contributed by atoms with Crippen LogP contribution < -0.4 is 5.73 Å². The third-order valence-corrected chi connectivity index (χ3v) is 2.23. The molecule has 0 aliphatic rings. The lowest BCUT2D eigenvalue weighted by Gasteiger charge is -1.81. The third-order valence-electron chi connectivity index (χ3n) is 1.10. The van der Waals surface area contributed by atoms with Crippen molar-refractivity contribution in [3.63, 3.8) is 0 Å². The van der Waals surface area contributed by atoms with Gasteiger partial charge in [0.1, 0.15) is 5.69 Å². The van der Waals surface area contributed by atoms with Gasteiger partial charge in [0.25, 0.3) is 0 Å². The van der Waals surface area contributed by atoms with E-state index in [1.54, 1.807) is 5.51 Å². The van der Waals surface area contributed by atoms with Crippen LogP contribution in [0.5, 0.6) is 0 Å². The van der Waals surface area contributed by atoms with Gasteiger partial charge in [0, 0.05) is 16.9 Å². The van der Waals surface area contributed by atoms with E-state index >= 15 is 0 Å². The molecule has 56 valence electrons. The fourth-order valence-corrected chi connectivity index (χ4v) is 1.63. The molecule has 0 amide bonds. The highest BCUT2D eigenvalue weighted by molar-refractivity contribution is 7.09. The molecule has 2 aromatic heterocycles. The number of aromatic nitrogens is 3. The Morgan fingerprint density at radius 2 is 2.36 bits per heavy atom. The lowest BCUT2D eigenvalue weighted by Crippen LogP contribution is -1.82. The molecule has 0 fully saturated rings. The SMILES string of the molecule is Nc1nc(-c2cscn2)ns1. The number of hydrogen-bond donors (Lipinski definition) is 1. The fraction of sp³-hybridized carbons (Fsp3) is 0. The molecule has 0 unspecified atom stereocenters. The Kier molecular flexibility index (Phi) is 1.55. The van der Waals surface area contributed by atoms with E-state index < -0.39 is 0 Å². The summed E-state index contributed by atoms with van der Waals surface area (Å²) >= 11 is 2.70. The Morgan fingerprint density at radius 3 is 2.91 bits per heavy atom. The van der Waals surface area contributed by atoms with Gasteiger partial charge in [0.15, 0.2) is 11.0 Å². The van der Waals surface area contributed by atoms with Crippen molar-refractivity contribution < 1.29 is 0 Å². The maximum absolute atomic E-state index is 5.41. The van der Waals surface area contributed by atoms with Gasteiger partial charge >= 0.3 is 0 Å². The molecule has 0 aliphatic heterocycles. The largest absolute Gasteiger partial charge is 0.374 e. The first kappa shape index (κ1) is 6.68. The van der Waals surface area contributed by atoms with Crippen LogP contribution in [0.4, 0.5) is 5.13 Å². The summed E-state index contributed by atoms with van der Waals surface area (Å²) in [5, 5.41) is 2.37. The summed E-state index contributed by atoms with van der Waals surface area (Å²) in [6.07, 6.45) is 0. The zero-order valence-electron chi connectivity index (χ0n) is 5.39. The molecule has 11 heavy (non-hydrogen) atoms. The maximum Gasteiger partial charge on any atom is 0.200 e. The summed E-state index contributed by atoms with van der Waals surface area (Å²) in [5.41, 5.74) is 7.94. The molecule has 4 nitrogen and oxygen atoms in total. The van der Waals surface area contributed by atoms with E-state index in [-0.39, 0.29) is 0 Å². The Hall–Kier alpha value is -1.01. The predicted molar refractivity (Wildman–Crippen MR) is 45.4 cm³/mol. The van der Waals surface area contributed by atoms with Gasteiger partial charge in [0.05, 0.1) is 5.51 Å². The number of nitrogens with zero attached hydrogens (tertiary/aromatic N) is 3. The maximum atomic E-state index is 5.41. The summed E-state index contributed by atoms with van der Waals surface area (Å²) in [7, 11) is 0. The van der Waals surface area contributed by atoms with Gasteiger partial charge in [-0.15, -0.1) is 11.3 Å². The van der Waals surface area contributed by atoms with Crippen LogP contribution in [0.2, 0.25) is 0 Å². The van der Waals surface area contributed by atoms with E-state index in [2.05, 4.69) is 14.3 Å². The average molecular weight is 184 g/mol. The summed E-state index contributed by atoms with van der Waals surface area (Å²) in [6.45, 7) is 0. The van der Waals surface area contributed by atoms with Gasteiger partial charge in [-0.05, 0) is 0 Å². The molecule has 0 saturated carbocycles. The molecule has 2 aromatic rings. The number of rotatable bonds is 1. The van der Waals surface area contributed by atoms with E-state index in [1.165, 1.54) is 22.9 Å². The molecule has 2 N–H and O–H groups in total. The van der Waals surface area contributed by atoms with Gasteiger partial charge in [-0.1, -0.05) is 0 Å². The van der Waals surface area contributed by atoms with Crippen LogP contribution in [-0.2, 0) is 0 Å².